The van der Waals surface area contributed by atoms with Crippen LogP contribution in [0.4, 0.5) is 0 Å². The SMILES string of the molecule is CCCn1ncc(OC)c1C(C)(O)C(OC)OC. The molecule has 1 atom stereocenters. The fourth-order valence-electron chi connectivity index (χ4n) is 2.08. The number of nitrogens with zero attached hydrogens (tertiary/aromatic N) is 2. The lowest BCUT2D eigenvalue weighted by Crippen LogP contribution is -2.41. The highest BCUT2D eigenvalue weighted by molar-refractivity contribution is 5.31. The van der Waals surface area contributed by atoms with E-state index in [1.807, 2.05) is 6.92 Å². The summed E-state index contributed by atoms with van der Waals surface area (Å²) in [6.45, 7) is 4.35. The van der Waals surface area contributed by atoms with E-state index in [9.17, 15) is 5.11 Å². The number of hydrogen-bond donors (Lipinski definition) is 1. The monoisotopic (exact) mass is 258 g/mol. The van der Waals surface area contributed by atoms with Gasteiger partial charge in [-0.3, -0.25) is 4.68 Å². The summed E-state index contributed by atoms with van der Waals surface area (Å²) in [6, 6.07) is 0. The van der Waals surface area contributed by atoms with Gasteiger partial charge in [-0.2, -0.15) is 5.10 Å². The molecule has 6 nitrogen and oxygen atoms in total. The van der Waals surface area contributed by atoms with Crippen molar-refractivity contribution in [2.24, 2.45) is 0 Å². The number of hydrogen-bond acceptors (Lipinski definition) is 5. The molecule has 0 spiro atoms. The zero-order chi connectivity index (χ0) is 13.8. The molecular weight excluding hydrogens is 236 g/mol. The highest BCUT2D eigenvalue weighted by Crippen LogP contribution is 2.34. The first kappa shape index (κ1) is 14.9. The second kappa shape index (κ2) is 6.17. The van der Waals surface area contributed by atoms with Crippen molar-refractivity contribution in [1.82, 2.24) is 9.78 Å². The van der Waals surface area contributed by atoms with Crippen molar-refractivity contribution in [3.8, 4) is 5.75 Å². The van der Waals surface area contributed by atoms with Gasteiger partial charge in [0.1, 0.15) is 5.69 Å². The van der Waals surface area contributed by atoms with Crippen LogP contribution in [0.5, 0.6) is 5.75 Å². The third kappa shape index (κ3) is 2.66. The smallest absolute Gasteiger partial charge is 0.191 e. The second-order valence-electron chi connectivity index (χ2n) is 4.24. The quantitative estimate of drug-likeness (QED) is 0.743. The van der Waals surface area contributed by atoms with Crippen molar-refractivity contribution >= 4 is 0 Å². The fraction of sp³-hybridized carbons (Fsp3) is 0.750. The fourth-order valence-corrected chi connectivity index (χ4v) is 2.08. The molecule has 0 aliphatic rings. The Balaban J connectivity index is 3.22. The Labute approximate surface area is 107 Å². The van der Waals surface area contributed by atoms with E-state index in [2.05, 4.69) is 5.10 Å². The minimum absolute atomic E-state index is 0.521. The van der Waals surface area contributed by atoms with Crippen LogP contribution in [0, 0.1) is 0 Å². The van der Waals surface area contributed by atoms with E-state index in [-0.39, 0.29) is 0 Å². The molecule has 0 aliphatic carbocycles. The molecule has 1 rings (SSSR count). The van der Waals surface area contributed by atoms with Crippen LogP contribution < -0.4 is 4.74 Å². The average Bonchev–Trinajstić information content (AvgIpc) is 2.74. The number of methoxy groups -OCH3 is 3. The summed E-state index contributed by atoms with van der Waals surface area (Å²) >= 11 is 0. The lowest BCUT2D eigenvalue weighted by molar-refractivity contribution is -0.216. The Kier molecular flexibility index (Phi) is 5.13. The second-order valence-corrected chi connectivity index (χ2v) is 4.24. The maximum atomic E-state index is 10.7. The average molecular weight is 258 g/mol. The van der Waals surface area contributed by atoms with Gasteiger partial charge in [-0.15, -0.1) is 0 Å². The van der Waals surface area contributed by atoms with Gasteiger partial charge in [-0.05, 0) is 13.3 Å². The van der Waals surface area contributed by atoms with E-state index in [4.69, 9.17) is 14.2 Å². The molecule has 1 aromatic heterocycles. The van der Waals surface area contributed by atoms with Crippen molar-refractivity contribution < 1.29 is 19.3 Å². The maximum absolute atomic E-state index is 10.7. The van der Waals surface area contributed by atoms with Gasteiger partial charge in [-0.1, -0.05) is 6.92 Å². The van der Waals surface area contributed by atoms with Gasteiger partial charge in [0.25, 0.3) is 0 Å². The molecule has 6 heteroatoms. The van der Waals surface area contributed by atoms with Gasteiger partial charge in [0, 0.05) is 20.8 Å². The molecule has 1 heterocycles. The molecule has 0 bridgehead atoms. The van der Waals surface area contributed by atoms with Crippen LogP contribution in [-0.2, 0) is 21.6 Å². The minimum atomic E-state index is -1.35. The van der Waals surface area contributed by atoms with Crippen LogP contribution in [-0.4, -0.2) is 42.5 Å². The Morgan fingerprint density at radius 2 is 2.00 bits per heavy atom. The Bertz CT molecular complexity index is 372. The number of aromatic nitrogens is 2. The van der Waals surface area contributed by atoms with Crippen LogP contribution in [0.15, 0.2) is 6.20 Å². The van der Waals surface area contributed by atoms with Crippen LogP contribution in [0.3, 0.4) is 0 Å². The minimum Gasteiger partial charge on any atom is -0.493 e. The predicted molar refractivity (Wildman–Crippen MR) is 66.4 cm³/mol. The zero-order valence-electron chi connectivity index (χ0n) is 11.6. The van der Waals surface area contributed by atoms with E-state index in [0.29, 0.717) is 18.0 Å². The van der Waals surface area contributed by atoms with E-state index >= 15 is 0 Å². The van der Waals surface area contributed by atoms with Gasteiger partial charge < -0.3 is 19.3 Å². The standard InChI is InChI=1S/C12H22N2O4/c1-6-7-14-10(9(16-3)8-13-14)12(2,15)11(17-4)18-5/h8,11,15H,6-7H2,1-5H3. The van der Waals surface area contributed by atoms with E-state index in [0.717, 1.165) is 6.42 Å². The maximum Gasteiger partial charge on any atom is 0.191 e. The summed E-state index contributed by atoms with van der Waals surface area (Å²) in [7, 11) is 4.51. The third-order valence-corrected chi connectivity index (χ3v) is 2.83. The highest BCUT2D eigenvalue weighted by atomic mass is 16.7. The van der Waals surface area contributed by atoms with Crippen LogP contribution in [0.25, 0.3) is 0 Å². The van der Waals surface area contributed by atoms with Crippen molar-refractivity contribution in [2.45, 2.75) is 38.7 Å². The molecule has 0 fully saturated rings. The van der Waals surface area contributed by atoms with E-state index < -0.39 is 11.9 Å². The number of aliphatic hydroxyl groups is 1. The first-order chi connectivity index (χ1) is 8.52. The molecule has 104 valence electrons. The summed E-state index contributed by atoms with van der Waals surface area (Å²) in [6.07, 6.45) is 1.69. The van der Waals surface area contributed by atoms with Crippen LogP contribution in [0.2, 0.25) is 0 Å². The Hall–Kier alpha value is -1.11. The molecule has 0 aliphatic heterocycles. The molecule has 1 N–H and O–H groups in total. The van der Waals surface area contributed by atoms with Crippen LogP contribution in [0.1, 0.15) is 26.0 Å². The molecule has 0 saturated carbocycles. The Morgan fingerprint density at radius 3 is 2.44 bits per heavy atom. The summed E-state index contributed by atoms with van der Waals surface area (Å²) < 4.78 is 17.3. The van der Waals surface area contributed by atoms with E-state index in [1.54, 1.807) is 24.9 Å². The van der Waals surface area contributed by atoms with Crippen molar-refractivity contribution in [1.29, 1.82) is 0 Å². The van der Waals surface area contributed by atoms with Crippen LogP contribution >= 0.6 is 0 Å². The molecule has 18 heavy (non-hydrogen) atoms. The first-order valence-corrected chi connectivity index (χ1v) is 5.91. The summed E-state index contributed by atoms with van der Waals surface area (Å²) in [5.74, 6) is 0.521. The summed E-state index contributed by atoms with van der Waals surface area (Å²) in [5.41, 5.74) is -0.791. The molecule has 1 aromatic rings. The Morgan fingerprint density at radius 1 is 1.39 bits per heavy atom. The van der Waals surface area contributed by atoms with E-state index in [1.165, 1.54) is 14.2 Å². The molecule has 0 aromatic carbocycles. The molecule has 1 unspecified atom stereocenters. The number of aryl methyl sites for hydroxylation is 1. The highest BCUT2D eigenvalue weighted by Gasteiger charge is 2.40. The van der Waals surface area contributed by atoms with Crippen molar-refractivity contribution in [2.75, 3.05) is 21.3 Å². The number of ether oxygens (including phenoxy) is 3. The lowest BCUT2D eigenvalue weighted by Gasteiger charge is -2.31. The van der Waals surface area contributed by atoms with Gasteiger partial charge >= 0.3 is 0 Å². The number of rotatable bonds is 7. The van der Waals surface area contributed by atoms with Gasteiger partial charge in [-0.25, -0.2) is 0 Å². The van der Waals surface area contributed by atoms with Gasteiger partial charge in [0.05, 0.1) is 13.3 Å². The normalized spacial score (nSPS) is 14.8. The van der Waals surface area contributed by atoms with Crippen molar-refractivity contribution in [3.63, 3.8) is 0 Å². The predicted octanol–water partition coefficient (Wildman–Crippen LogP) is 1.13. The molecular formula is C12H22N2O4. The van der Waals surface area contributed by atoms with Gasteiger partial charge in [0.15, 0.2) is 17.6 Å². The van der Waals surface area contributed by atoms with Crippen molar-refractivity contribution in [3.05, 3.63) is 11.9 Å². The zero-order valence-corrected chi connectivity index (χ0v) is 11.6. The molecule has 0 radical (unpaired) electrons. The van der Waals surface area contributed by atoms with Gasteiger partial charge in [0.2, 0.25) is 0 Å². The molecule has 0 saturated heterocycles. The summed E-state index contributed by atoms with van der Waals surface area (Å²) in [4.78, 5) is 0. The summed E-state index contributed by atoms with van der Waals surface area (Å²) in [5, 5.41) is 14.9. The third-order valence-electron chi connectivity index (χ3n) is 2.83. The molecule has 0 amide bonds. The first-order valence-electron chi connectivity index (χ1n) is 5.91. The largest absolute Gasteiger partial charge is 0.493 e. The topological polar surface area (TPSA) is 65.7 Å². The lowest BCUT2D eigenvalue weighted by atomic mass is 10.0.